The molecule has 0 aromatic heterocycles. The Labute approximate surface area is 210 Å². The van der Waals surface area contributed by atoms with E-state index in [0.717, 1.165) is 31.6 Å². The first-order valence-electron chi connectivity index (χ1n) is 11.9. The highest BCUT2D eigenvalue weighted by molar-refractivity contribution is 6.26. The van der Waals surface area contributed by atoms with E-state index in [9.17, 15) is 9.59 Å². The molecule has 0 atom stereocenters. The van der Waals surface area contributed by atoms with Crippen molar-refractivity contribution in [2.24, 2.45) is 5.73 Å². The third kappa shape index (κ3) is 5.44. The molecule has 184 valence electrons. The lowest BCUT2D eigenvalue weighted by Crippen LogP contribution is -2.42. The Morgan fingerprint density at radius 2 is 1.47 bits per heavy atom. The minimum Gasteiger partial charge on any atom is -0.394 e. The van der Waals surface area contributed by atoms with Gasteiger partial charge in [0.05, 0.1) is 0 Å². The smallest absolute Gasteiger partial charge is 0.211 e. The fourth-order valence-corrected chi connectivity index (χ4v) is 4.56. The van der Waals surface area contributed by atoms with Gasteiger partial charge in [-0.25, -0.2) is 11.1 Å². The number of hydrogen-bond donors (Lipinski definition) is 4. The molecule has 36 heavy (non-hydrogen) atoms. The van der Waals surface area contributed by atoms with Crippen LogP contribution in [0.3, 0.4) is 0 Å². The molecule has 0 saturated carbocycles. The molecule has 0 spiro atoms. The van der Waals surface area contributed by atoms with Gasteiger partial charge in [0, 0.05) is 37.3 Å². The van der Waals surface area contributed by atoms with Crippen LogP contribution in [0.15, 0.2) is 96.3 Å². The van der Waals surface area contributed by atoms with Gasteiger partial charge in [-0.2, -0.15) is 0 Å². The van der Waals surface area contributed by atoms with E-state index in [4.69, 9.17) is 10.9 Å². The van der Waals surface area contributed by atoms with Crippen LogP contribution in [0.2, 0.25) is 0 Å². The molecule has 7 heteroatoms. The van der Waals surface area contributed by atoms with Gasteiger partial charge in [0.25, 0.3) is 0 Å². The fourth-order valence-electron chi connectivity index (χ4n) is 4.56. The zero-order valence-electron chi connectivity index (χ0n) is 20.1. The Hall–Kier alpha value is -4.04. The summed E-state index contributed by atoms with van der Waals surface area (Å²) >= 11 is 0. The van der Waals surface area contributed by atoms with Gasteiger partial charge in [-0.05, 0) is 28.7 Å². The molecule has 2 aliphatic rings. The normalized spacial score (nSPS) is 15.6. The molecular formula is C29H31N4O3+. The van der Waals surface area contributed by atoms with Crippen LogP contribution in [-0.4, -0.2) is 34.8 Å². The van der Waals surface area contributed by atoms with Gasteiger partial charge in [0.2, 0.25) is 11.6 Å². The summed E-state index contributed by atoms with van der Waals surface area (Å²) in [7, 11) is 0. The monoisotopic (exact) mass is 483 g/mol. The van der Waals surface area contributed by atoms with E-state index >= 15 is 0 Å². The van der Waals surface area contributed by atoms with Crippen molar-refractivity contribution in [1.82, 2.24) is 10.2 Å². The maximum Gasteiger partial charge on any atom is 0.211 e. The average molecular weight is 484 g/mol. The predicted octanol–water partition coefficient (Wildman–Crippen LogP) is 2.93. The number of quaternary nitrogens is 1. The number of fused-ring (bicyclic) bond motifs is 1. The standard InChI is InChI=1S/C29H27N3O2.H4NO/c30-26-27(29(34)25-9-5-4-8-24(25)28(26)33)31-18-20-10-12-22(13-11-20)23-14-16-32(17-15-23)19-21-6-2-1-3-7-21;1-2/h1-14,31H,15-19,30H2;2H,1H3/q;+1. The third-order valence-electron chi connectivity index (χ3n) is 6.49. The molecule has 1 aliphatic carbocycles. The number of nitrogens with one attached hydrogen (secondary N) is 1. The number of carbonyl (C=O) groups is 2. The van der Waals surface area contributed by atoms with Gasteiger partial charge < -0.3 is 11.1 Å². The van der Waals surface area contributed by atoms with Crippen LogP contribution < -0.4 is 16.9 Å². The fraction of sp³-hybridized carbons (Fsp3) is 0.172. The first-order chi connectivity index (χ1) is 17.6. The number of nitrogens with zero attached hydrogens (tertiary/aromatic N) is 1. The van der Waals surface area contributed by atoms with Gasteiger partial charge in [-0.15, -0.1) is 0 Å². The highest BCUT2D eigenvalue weighted by Crippen LogP contribution is 2.25. The summed E-state index contributed by atoms with van der Waals surface area (Å²) in [4.78, 5) is 27.8. The van der Waals surface area contributed by atoms with Crippen molar-refractivity contribution in [3.05, 3.63) is 124 Å². The Bertz CT molecular complexity index is 1300. The lowest BCUT2D eigenvalue weighted by molar-refractivity contribution is -0.670. The average Bonchev–Trinajstić information content (AvgIpc) is 2.94. The highest BCUT2D eigenvalue weighted by Gasteiger charge is 2.30. The number of nitrogens with two attached hydrogens (primary N) is 1. The van der Waals surface area contributed by atoms with E-state index in [0.29, 0.717) is 17.7 Å². The first kappa shape index (κ1) is 25.1. The van der Waals surface area contributed by atoms with Crippen LogP contribution in [0, 0.1) is 0 Å². The summed E-state index contributed by atoms with van der Waals surface area (Å²) in [6, 6.07) is 25.7. The molecule has 0 fully saturated rings. The van der Waals surface area contributed by atoms with Crippen molar-refractivity contribution in [2.45, 2.75) is 19.5 Å². The van der Waals surface area contributed by atoms with E-state index in [-0.39, 0.29) is 23.0 Å². The summed E-state index contributed by atoms with van der Waals surface area (Å²) in [5.74, 6) is 1.70. The molecule has 0 bridgehead atoms. The molecule has 7 N–H and O–H groups in total. The second kappa shape index (κ2) is 11.6. The van der Waals surface area contributed by atoms with Crippen molar-refractivity contribution >= 4 is 17.1 Å². The van der Waals surface area contributed by atoms with E-state index in [2.05, 4.69) is 70.7 Å². The zero-order valence-corrected chi connectivity index (χ0v) is 20.1. The van der Waals surface area contributed by atoms with Crippen LogP contribution in [-0.2, 0) is 13.1 Å². The Morgan fingerprint density at radius 3 is 2.11 bits per heavy atom. The molecule has 3 aromatic carbocycles. The number of hydrogen-bond acceptors (Lipinski definition) is 6. The zero-order chi connectivity index (χ0) is 25.5. The summed E-state index contributed by atoms with van der Waals surface area (Å²) in [6.07, 6.45) is 3.33. The molecule has 0 amide bonds. The lowest BCUT2D eigenvalue weighted by atomic mass is 9.90. The Morgan fingerprint density at radius 1 is 0.833 bits per heavy atom. The third-order valence-corrected chi connectivity index (χ3v) is 6.49. The molecule has 0 unspecified atom stereocenters. The Kier molecular flexibility index (Phi) is 8.07. The van der Waals surface area contributed by atoms with E-state index in [1.54, 1.807) is 24.3 Å². The van der Waals surface area contributed by atoms with Gasteiger partial charge in [0.15, 0.2) is 0 Å². The summed E-state index contributed by atoms with van der Waals surface area (Å²) in [5.41, 5.74) is 11.9. The Balaban J connectivity index is 0.00000148. The number of allylic oxidation sites excluding steroid dienone is 2. The van der Waals surface area contributed by atoms with Crippen molar-refractivity contribution in [3.8, 4) is 0 Å². The van der Waals surface area contributed by atoms with Gasteiger partial charge in [0.1, 0.15) is 11.4 Å². The molecule has 3 aromatic rings. The number of Topliss-reactive ketones (excluding diaryl/α,β-unsaturated/α-hetero) is 2. The lowest BCUT2D eigenvalue weighted by Gasteiger charge is -2.26. The van der Waals surface area contributed by atoms with Crippen LogP contribution in [0.4, 0.5) is 0 Å². The summed E-state index contributed by atoms with van der Waals surface area (Å²) in [5, 5.41) is 9.85. The van der Waals surface area contributed by atoms with Crippen LogP contribution in [0.5, 0.6) is 0 Å². The maximum absolute atomic E-state index is 12.8. The second-order valence-electron chi connectivity index (χ2n) is 8.74. The highest BCUT2D eigenvalue weighted by atomic mass is 16.4. The molecule has 1 aliphatic heterocycles. The van der Waals surface area contributed by atoms with Crippen LogP contribution in [0.1, 0.15) is 43.8 Å². The second-order valence-corrected chi connectivity index (χ2v) is 8.74. The van der Waals surface area contributed by atoms with Crippen LogP contribution >= 0.6 is 0 Å². The van der Waals surface area contributed by atoms with E-state index in [1.807, 2.05) is 6.07 Å². The largest absolute Gasteiger partial charge is 0.394 e. The van der Waals surface area contributed by atoms with Gasteiger partial charge >= 0.3 is 0 Å². The SMILES string of the molecule is NC1=C(NCc2ccc(C3=CCN(Cc4ccccc4)CC3)cc2)C(=O)c2ccccc2C1=O.[NH3+]O. The molecular weight excluding hydrogens is 452 g/mol. The minimum atomic E-state index is -0.307. The van der Waals surface area contributed by atoms with Crippen molar-refractivity contribution in [2.75, 3.05) is 13.1 Å². The quantitative estimate of drug-likeness (QED) is 0.400. The maximum atomic E-state index is 12.8. The van der Waals surface area contributed by atoms with Crippen molar-refractivity contribution in [3.63, 3.8) is 0 Å². The summed E-state index contributed by atoms with van der Waals surface area (Å²) in [6.45, 7) is 3.37. The van der Waals surface area contributed by atoms with Crippen molar-refractivity contribution in [1.29, 1.82) is 0 Å². The molecule has 5 rings (SSSR count). The topological polar surface area (TPSA) is 123 Å². The van der Waals surface area contributed by atoms with Crippen molar-refractivity contribution < 1.29 is 20.7 Å². The van der Waals surface area contributed by atoms with Gasteiger partial charge in [-0.1, -0.05) is 84.9 Å². The molecule has 1 heterocycles. The number of carbonyl (C=O) groups excluding carboxylic acids is 2. The van der Waals surface area contributed by atoms with Gasteiger partial charge in [-0.3, -0.25) is 14.5 Å². The summed E-state index contributed by atoms with van der Waals surface area (Å²) < 4.78 is 0. The predicted molar refractivity (Wildman–Crippen MR) is 139 cm³/mol. The van der Waals surface area contributed by atoms with E-state index in [1.165, 1.54) is 16.7 Å². The molecule has 0 saturated heterocycles. The van der Waals surface area contributed by atoms with Crippen LogP contribution in [0.25, 0.3) is 5.57 Å². The number of benzene rings is 3. The van der Waals surface area contributed by atoms with E-state index < -0.39 is 0 Å². The number of ketones is 2. The molecule has 0 radical (unpaired) electrons. The first-order valence-corrected chi connectivity index (χ1v) is 11.9. The number of rotatable bonds is 6. The minimum absolute atomic E-state index is 0.0206. The molecule has 7 nitrogen and oxygen atoms in total.